The van der Waals surface area contributed by atoms with Gasteiger partial charge in [0.15, 0.2) is 16.9 Å². The predicted molar refractivity (Wildman–Crippen MR) is 137 cm³/mol. The Hall–Kier alpha value is -4.06. The van der Waals surface area contributed by atoms with Crippen molar-refractivity contribution in [3.63, 3.8) is 0 Å². The van der Waals surface area contributed by atoms with Crippen molar-refractivity contribution in [2.75, 3.05) is 6.79 Å². The molecule has 1 atom stereocenters. The SMILES string of the molecule is Cc1ccc2oc3c(c(=O)c2c1)C(c1ccc(C(C)(C)C)cc1)N(Cc1ccc2c(c1)OCO2)C3=O. The number of hydrogen-bond donors (Lipinski definition) is 0. The van der Waals surface area contributed by atoms with Crippen molar-refractivity contribution in [1.29, 1.82) is 0 Å². The Labute approximate surface area is 209 Å². The molecule has 3 heterocycles. The van der Waals surface area contributed by atoms with Gasteiger partial charge in [0.05, 0.1) is 17.0 Å². The van der Waals surface area contributed by atoms with Crippen LogP contribution in [0.5, 0.6) is 11.5 Å². The van der Waals surface area contributed by atoms with Gasteiger partial charge < -0.3 is 18.8 Å². The Balaban J connectivity index is 1.51. The van der Waals surface area contributed by atoms with Crippen LogP contribution < -0.4 is 14.9 Å². The number of aryl methyl sites for hydroxylation is 1. The van der Waals surface area contributed by atoms with Gasteiger partial charge in [-0.1, -0.05) is 62.7 Å². The molecule has 2 aliphatic heterocycles. The second kappa shape index (κ2) is 7.98. The van der Waals surface area contributed by atoms with Gasteiger partial charge in [0.2, 0.25) is 12.6 Å². The van der Waals surface area contributed by atoms with Crippen molar-refractivity contribution in [3.8, 4) is 11.5 Å². The molecular weight excluding hydrogens is 454 g/mol. The first-order chi connectivity index (χ1) is 17.2. The number of carbonyl (C=O) groups is 1. The molecule has 36 heavy (non-hydrogen) atoms. The maximum absolute atomic E-state index is 13.8. The molecule has 0 N–H and O–H groups in total. The molecule has 0 bridgehead atoms. The Kier molecular flexibility index (Phi) is 4.97. The van der Waals surface area contributed by atoms with Crippen LogP contribution in [0.1, 0.15) is 65.2 Å². The van der Waals surface area contributed by atoms with Gasteiger partial charge in [-0.05, 0) is 53.3 Å². The number of nitrogens with zero attached hydrogens (tertiary/aromatic N) is 1. The van der Waals surface area contributed by atoms with E-state index < -0.39 is 6.04 Å². The number of amides is 1. The fourth-order valence-electron chi connectivity index (χ4n) is 5.05. The molecule has 4 aromatic rings. The van der Waals surface area contributed by atoms with Crippen molar-refractivity contribution >= 4 is 16.9 Å². The lowest BCUT2D eigenvalue weighted by atomic mass is 9.86. The molecule has 0 radical (unpaired) electrons. The molecule has 0 fully saturated rings. The van der Waals surface area contributed by atoms with Gasteiger partial charge in [0, 0.05) is 6.54 Å². The van der Waals surface area contributed by atoms with E-state index in [-0.39, 0.29) is 29.3 Å². The summed E-state index contributed by atoms with van der Waals surface area (Å²) in [5.41, 5.74) is 4.52. The lowest BCUT2D eigenvalue weighted by Crippen LogP contribution is -2.29. The van der Waals surface area contributed by atoms with Crippen molar-refractivity contribution in [2.45, 2.75) is 45.7 Å². The Morgan fingerprint density at radius 2 is 1.67 bits per heavy atom. The highest BCUT2D eigenvalue weighted by atomic mass is 16.7. The van der Waals surface area contributed by atoms with E-state index in [4.69, 9.17) is 13.9 Å². The number of ether oxygens (including phenoxy) is 2. The zero-order chi connectivity index (χ0) is 25.2. The summed E-state index contributed by atoms with van der Waals surface area (Å²) >= 11 is 0. The first-order valence-electron chi connectivity index (χ1n) is 12.1. The zero-order valence-electron chi connectivity index (χ0n) is 20.8. The summed E-state index contributed by atoms with van der Waals surface area (Å²) in [6, 6.07) is 18.7. The van der Waals surface area contributed by atoms with E-state index in [1.54, 1.807) is 11.0 Å². The third-order valence-electron chi connectivity index (χ3n) is 7.00. The third-order valence-corrected chi connectivity index (χ3v) is 7.00. The highest BCUT2D eigenvalue weighted by Gasteiger charge is 2.43. The fourth-order valence-corrected chi connectivity index (χ4v) is 5.05. The summed E-state index contributed by atoms with van der Waals surface area (Å²) in [6.07, 6.45) is 0. The van der Waals surface area contributed by atoms with Gasteiger partial charge in [-0.2, -0.15) is 0 Å². The fraction of sp³-hybridized carbons (Fsp3) is 0.267. The van der Waals surface area contributed by atoms with E-state index in [9.17, 15) is 9.59 Å². The second-order valence-corrected chi connectivity index (χ2v) is 10.6. The molecule has 1 unspecified atom stereocenters. The lowest BCUT2D eigenvalue weighted by molar-refractivity contribution is 0.0714. The van der Waals surface area contributed by atoms with Crippen LogP contribution in [-0.2, 0) is 12.0 Å². The molecule has 2 aliphatic rings. The van der Waals surface area contributed by atoms with Crippen LogP contribution in [0.3, 0.4) is 0 Å². The topological polar surface area (TPSA) is 69.0 Å². The Morgan fingerprint density at radius 3 is 2.42 bits per heavy atom. The standard InChI is InChI=1S/C30H27NO5/c1-17-5-11-22-21(13-17)27(32)25-26(19-7-9-20(10-8-19)30(2,3)4)31(29(33)28(25)36-22)15-18-6-12-23-24(14-18)35-16-34-23/h5-14,26H,15-16H2,1-4H3. The van der Waals surface area contributed by atoms with Crippen LogP contribution >= 0.6 is 0 Å². The minimum atomic E-state index is -0.562. The van der Waals surface area contributed by atoms with E-state index in [0.717, 1.165) is 16.7 Å². The van der Waals surface area contributed by atoms with Crippen LogP contribution in [0.2, 0.25) is 0 Å². The molecule has 6 nitrogen and oxygen atoms in total. The summed E-state index contributed by atoms with van der Waals surface area (Å²) < 4.78 is 17.1. The van der Waals surface area contributed by atoms with Gasteiger partial charge in [0.1, 0.15) is 5.58 Å². The predicted octanol–water partition coefficient (Wildman–Crippen LogP) is 5.87. The molecule has 0 spiro atoms. The monoisotopic (exact) mass is 481 g/mol. The molecule has 0 saturated carbocycles. The highest BCUT2D eigenvalue weighted by Crippen LogP contribution is 2.41. The molecule has 3 aromatic carbocycles. The lowest BCUT2D eigenvalue weighted by Gasteiger charge is -2.26. The quantitative estimate of drug-likeness (QED) is 0.366. The van der Waals surface area contributed by atoms with Crippen molar-refractivity contribution in [1.82, 2.24) is 4.90 Å². The van der Waals surface area contributed by atoms with E-state index in [1.165, 1.54) is 5.56 Å². The number of rotatable bonds is 3. The van der Waals surface area contributed by atoms with Crippen LogP contribution in [0.4, 0.5) is 0 Å². The number of fused-ring (bicyclic) bond motifs is 3. The number of benzene rings is 3. The largest absolute Gasteiger partial charge is 0.454 e. The van der Waals surface area contributed by atoms with Crippen molar-refractivity contribution in [2.24, 2.45) is 0 Å². The minimum absolute atomic E-state index is 0.0130. The van der Waals surface area contributed by atoms with Crippen LogP contribution in [0, 0.1) is 6.92 Å². The molecule has 6 rings (SSSR count). The first kappa shape index (κ1) is 22.4. The van der Waals surface area contributed by atoms with Gasteiger partial charge in [-0.3, -0.25) is 9.59 Å². The highest BCUT2D eigenvalue weighted by molar-refractivity contribution is 5.99. The molecule has 0 saturated heterocycles. The van der Waals surface area contributed by atoms with E-state index in [1.807, 2.05) is 49.4 Å². The van der Waals surface area contributed by atoms with E-state index in [2.05, 4.69) is 32.9 Å². The molecular formula is C30H27NO5. The normalized spacial score (nSPS) is 16.6. The molecule has 1 aromatic heterocycles. The van der Waals surface area contributed by atoms with Crippen molar-refractivity contribution in [3.05, 3.63) is 104 Å². The number of carbonyl (C=O) groups excluding carboxylic acids is 1. The summed E-state index contributed by atoms with van der Waals surface area (Å²) in [5.74, 6) is 1.15. The van der Waals surface area contributed by atoms with Gasteiger partial charge in [-0.25, -0.2) is 0 Å². The summed E-state index contributed by atoms with van der Waals surface area (Å²) in [7, 11) is 0. The minimum Gasteiger partial charge on any atom is -0.454 e. The number of hydrogen-bond acceptors (Lipinski definition) is 5. The van der Waals surface area contributed by atoms with Gasteiger partial charge in [0.25, 0.3) is 5.91 Å². The molecule has 6 heteroatoms. The Morgan fingerprint density at radius 1 is 0.917 bits per heavy atom. The van der Waals surface area contributed by atoms with Gasteiger partial charge >= 0.3 is 0 Å². The summed E-state index contributed by atoms with van der Waals surface area (Å²) in [5, 5.41) is 0.489. The van der Waals surface area contributed by atoms with Crippen LogP contribution in [0.15, 0.2) is 69.9 Å². The first-order valence-corrected chi connectivity index (χ1v) is 12.1. The smallest absolute Gasteiger partial charge is 0.291 e. The van der Waals surface area contributed by atoms with Crippen molar-refractivity contribution < 1.29 is 18.7 Å². The second-order valence-electron chi connectivity index (χ2n) is 10.6. The maximum Gasteiger partial charge on any atom is 0.291 e. The Bertz CT molecular complexity index is 1580. The van der Waals surface area contributed by atoms with E-state index in [0.29, 0.717) is 34.6 Å². The molecule has 182 valence electrons. The van der Waals surface area contributed by atoms with E-state index >= 15 is 0 Å². The molecule has 0 aliphatic carbocycles. The van der Waals surface area contributed by atoms with Gasteiger partial charge in [-0.15, -0.1) is 0 Å². The average Bonchev–Trinajstić information content (AvgIpc) is 3.42. The summed E-state index contributed by atoms with van der Waals surface area (Å²) in [4.78, 5) is 29.3. The summed E-state index contributed by atoms with van der Waals surface area (Å²) in [6.45, 7) is 8.88. The maximum atomic E-state index is 13.8. The van der Waals surface area contributed by atoms with Crippen LogP contribution in [-0.4, -0.2) is 17.6 Å². The zero-order valence-corrected chi connectivity index (χ0v) is 20.8. The molecule has 1 amide bonds. The average molecular weight is 482 g/mol. The third kappa shape index (κ3) is 3.56. The van der Waals surface area contributed by atoms with Crippen LogP contribution in [0.25, 0.3) is 11.0 Å².